The molecule has 0 saturated carbocycles. The molecule has 1 N–H and O–H groups in total. The molecule has 0 saturated heterocycles. The summed E-state index contributed by atoms with van der Waals surface area (Å²) in [7, 11) is 0. The van der Waals surface area contributed by atoms with Crippen LogP contribution >= 0.6 is 0 Å². The Morgan fingerprint density at radius 1 is 1.21 bits per heavy atom. The van der Waals surface area contributed by atoms with E-state index in [1.54, 1.807) is 12.3 Å². The molecule has 1 aromatic heterocycles. The summed E-state index contributed by atoms with van der Waals surface area (Å²) < 4.78 is 13.4. The molecule has 0 radical (unpaired) electrons. The molecule has 0 unspecified atom stereocenters. The van der Waals surface area contributed by atoms with Crippen molar-refractivity contribution in [3.05, 3.63) is 53.6 Å². The van der Waals surface area contributed by atoms with Gasteiger partial charge < -0.3 is 5.32 Å². The number of hydrogen-bond acceptors (Lipinski definition) is 2. The quantitative estimate of drug-likeness (QED) is 0.827. The third kappa shape index (κ3) is 3.38. The lowest BCUT2D eigenvalue weighted by molar-refractivity contribution is 0.619. The molecule has 0 aliphatic carbocycles. The maximum atomic E-state index is 13.4. The van der Waals surface area contributed by atoms with Gasteiger partial charge in [-0.2, -0.15) is 0 Å². The first-order valence-electron chi connectivity index (χ1n) is 6.62. The maximum Gasteiger partial charge on any atom is 0.123 e. The molecular formula is C16H19FN2. The van der Waals surface area contributed by atoms with Gasteiger partial charge in [0.15, 0.2) is 0 Å². The Kier molecular flexibility index (Phi) is 4.63. The van der Waals surface area contributed by atoms with Crippen molar-refractivity contribution in [2.45, 2.75) is 26.8 Å². The Balaban J connectivity index is 2.36. The van der Waals surface area contributed by atoms with Crippen molar-refractivity contribution in [1.29, 1.82) is 0 Å². The topological polar surface area (TPSA) is 24.9 Å². The van der Waals surface area contributed by atoms with Crippen molar-refractivity contribution in [3.8, 4) is 11.1 Å². The number of aryl methyl sites for hydroxylation is 1. The predicted molar refractivity (Wildman–Crippen MR) is 76.4 cm³/mol. The fraction of sp³-hybridized carbons (Fsp3) is 0.312. The highest BCUT2D eigenvalue weighted by atomic mass is 19.1. The second kappa shape index (κ2) is 6.43. The lowest BCUT2D eigenvalue weighted by Gasteiger charge is -2.12. The van der Waals surface area contributed by atoms with Crippen molar-refractivity contribution >= 4 is 0 Å². The van der Waals surface area contributed by atoms with Gasteiger partial charge in [0, 0.05) is 24.5 Å². The first kappa shape index (κ1) is 13.7. The van der Waals surface area contributed by atoms with Crippen LogP contribution in [0.4, 0.5) is 4.39 Å². The summed E-state index contributed by atoms with van der Waals surface area (Å²) in [5.74, 6) is -0.196. The van der Waals surface area contributed by atoms with Crippen LogP contribution in [0.2, 0.25) is 0 Å². The van der Waals surface area contributed by atoms with Gasteiger partial charge in [0.05, 0.1) is 0 Å². The molecule has 0 bridgehead atoms. The lowest BCUT2D eigenvalue weighted by atomic mass is 9.97. The van der Waals surface area contributed by atoms with Crippen molar-refractivity contribution < 1.29 is 4.39 Å². The molecule has 2 rings (SSSR count). The minimum absolute atomic E-state index is 0.196. The second-order valence-electron chi connectivity index (χ2n) is 4.67. The summed E-state index contributed by atoms with van der Waals surface area (Å²) in [6.07, 6.45) is 4.68. The third-order valence-electron chi connectivity index (χ3n) is 3.14. The van der Waals surface area contributed by atoms with Crippen molar-refractivity contribution in [2.75, 3.05) is 6.54 Å². The predicted octanol–water partition coefficient (Wildman–Crippen LogP) is 3.70. The third-order valence-corrected chi connectivity index (χ3v) is 3.14. The Morgan fingerprint density at radius 3 is 2.79 bits per heavy atom. The zero-order valence-corrected chi connectivity index (χ0v) is 11.4. The highest BCUT2D eigenvalue weighted by molar-refractivity contribution is 5.69. The molecule has 0 amide bonds. The molecule has 2 nitrogen and oxygen atoms in total. The average molecular weight is 258 g/mol. The van der Waals surface area contributed by atoms with Crippen molar-refractivity contribution in [2.24, 2.45) is 0 Å². The molecule has 1 aromatic carbocycles. The van der Waals surface area contributed by atoms with E-state index in [1.807, 2.05) is 25.3 Å². The van der Waals surface area contributed by atoms with E-state index in [0.717, 1.165) is 35.2 Å². The van der Waals surface area contributed by atoms with E-state index in [9.17, 15) is 4.39 Å². The molecular weight excluding hydrogens is 239 g/mol. The van der Waals surface area contributed by atoms with Gasteiger partial charge in [-0.05, 0) is 54.8 Å². The summed E-state index contributed by atoms with van der Waals surface area (Å²) >= 11 is 0. The monoisotopic (exact) mass is 258 g/mol. The molecule has 3 heteroatoms. The fourth-order valence-corrected chi connectivity index (χ4v) is 2.12. The van der Waals surface area contributed by atoms with Crippen LogP contribution in [-0.4, -0.2) is 11.5 Å². The van der Waals surface area contributed by atoms with Crippen molar-refractivity contribution in [3.63, 3.8) is 0 Å². The van der Waals surface area contributed by atoms with E-state index in [2.05, 4.69) is 17.2 Å². The van der Waals surface area contributed by atoms with Gasteiger partial charge in [-0.25, -0.2) is 4.39 Å². The van der Waals surface area contributed by atoms with Gasteiger partial charge in [-0.3, -0.25) is 4.98 Å². The van der Waals surface area contributed by atoms with Gasteiger partial charge in [-0.1, -0.05) is 13.0 Å². The van der Waals surface area contributed by atoms with Crippen LogP contribution in [-0.2, 0) is 6.54 Å². The molecule has 2 aromatic rings. The van der Waals surface area contributed by atoms with Gasteiger partial charge >= 0.3 is 0 Å². The van der Waals surface area contributed by atoms with E-state index < -0.39 is 0 Å². The highest BCUT2D eigenvalue weighted by Crippen LogP contribution is 2.26. The molecule has 0 fully saturated rings. The minimum atomic E-state index is -0.196. The summed E-state index contributed by atoms with van der Waals surface area (Å²) in [6, 6.07) is 6.92. The summed E-state index contributed by atoms with van der Waals surface area (Å²) in [6.45, 7) is 5.77. The van der Waals surface area contributed by atoms with Crippen LogP contribution in [0.25, 0.3) is 11.1 Å². The van der Waals surface area contributed by atoms with Crippen LogP contribution < -0.4 is 5.32 Å². The van der Waals surface area contributed by atoms with Gasteiger partial charge in [0.1, 0.15) is 5.82 Å². The normalized spacial score (nSPS) is 10.7. The van der Waals surface area contributed by atoms with Crippen LogP contribution in [0.5, 0.6) is 0 Å². The lowest BCUT2D eigenvalue weighted by Crippen LogP contribution is -2.14. The van der Waals surface area contributed by atoms with Gasteiger partial charge in [0.25, 0.3) is 0 Å². The standard InChI is InChI=1S/C16H19FN2/c1-3-7-18-10-13-9-14(17)4-5-15(13)16-11-19-8-6-12(16)2/h4-6,8-9,11,18H,3,7,10H2,1-2H3. The fourth-order valence-electron chi connectivity index (χ4n) is 2.12. The Hall–Kier alpha value is -1.74. The molecule has 0 atom stereocenters. The van der Waals surface area contributed by atoms with E-state index >= 15 is 0 Å². The Bertz CT molecular complexity index is 552. The number of rotatable bonds is 5. The first-order valence-corrected chi connectivity index (χ1v) is 6.62. The molecule has 0 aliphatic heterocycles. The van der Waals surface area contributed by atoms with E-state index in [1.165, 1.54) is 6.07 Å². The second-order valence-corrected chi connectivity index (χ2v) is 4.67. The number of halogens is 1. The Morgan fingerprint density at radius 2 is 2.05 bits per heavy atom. The highest BCUT2D eigenvalue weighted by Gasteiger charge is 2.08. The molecule has 100 valence electrons. The molecule has 0 aliphatic rings. The maximum absolute atomic E-state index is 13.4. The smallest absolute Gasteiger partial charge is 0.123 e. The van der Waals surface area contributed by atoms with Crippen LogP contribution in [0.3, 0.4) is 0 Å². The number of pyridine rings is 1. The SMILES string of the molecule is CCCNCc1cc(F)ccc1-c1cnccc1C. The van der Waals surface area contributed by atoms with E-state index in [0.29, 0.717) is 6.54 Å². The van der Waals surface area contributed by atoms with Crippen LogP contribution in [0.15, 0.2) is 36.7 Å². The van der Waals surface area contributed by atoms with Crippen molar-refractivity contribution in [1.82, 2.24) is 10.3 Å². The number of nitrogens with zero attached hydrogens (tertiary/aromatic N) is 1. The molecule has 19 heavy (non-hydrogen) atoms. The Labute approximate surface area is 113 Å². The largest absolute Gasteiger partial charge is 0.313 e. The molecule has 1 heterocycles. The minimum Gasteiger partial charge on any atom is -0.313 e. The first-order chi connectivity index (χ1) is 9.22. The van der Waals surface area contributed by atoms with E-state index in [4.69, 9.17) is 0 Å². The zero-order valence-electron chi connectivity index (χ0n) is 11.4. The number of aromatic nitrogens is 1. The number of benzene rings is 1. The van der Waals surface area contributed by atoms with E-state index in [-0.39, 0.29) is 5.82 Å². The summed E-state index contributed by atoms with van der Waals surface area (Å²) in [5.41, 5.74) is 4.24. The van der Waals surface area contributed by atoms with Gasteiger partial charge in [0.2, 0.25) is 0 Å². The number of hydrogen-bond donors (Lipinski definition) is 1. The van der Waals surface area contributed by atoms with Gasteiger partial charge in [-0.15, -0.1) is 0 Å². The average Bonchev–Trinajstić information content (AvgIpc) is 2.40. The van der Waals surface area contributed by atoms with Crippen LogP contribution in [0.1, 0.15) is 24.5 Å². The number of nitrogens with one attached hydrogen (secondary N) is 1. The summed E-state index contributed by atoms with van der Waals surface area (Å²) in [4.78, 5) is 4.17. The summed E-state index contributed by atoms with van der Waals surface area (Å²) in [5, 5.41) is 3.32. The molecule has 0 spiro atoms. The van der Waals surface area contributed by atoms with Crippen LogP contribution in [0, 0.1) is 12.7 Å². The zero-order chi connectivity index (χ0) is 13.7.